The fourth-order valence-corrected chi connectivity index (χ4v) is 2.25. The number of carbonyl (C=O) groups is 2. The highest BCUT2D eigenvalue weighted by Gasteiger charge is 2.17. The number of anilines is 1. The average molecular weight is 364 g/mol. The van der Waals surface area contributed by atoms with Crippen LogP contribution < -0.4 is 10.1 Å². The maximum atomic E-state index is 12.3. The summed E-state index contributed by atoms with van der Waals surface area (Å²) in [6, 6.07) is 14.1. The first kappa shape index (κ1) is 19.2. The quantitative estimate of drug-likeness (QED) is 0.752. The number of nitrogens with zero attached hydrogens (tertiary/aromatic N) is 1. The lowest BCUT2D eigenvalue weighted by Gasteiger charge is -2.21. The monoisotopic (exact) mass is 364 g/mol. The van der Waals surface area contributed by atoms with Crippen molar-refractivity contribution in [3.05, 3.63) is 60.2 Å². The number of carboxylic acids is 1. The molecule has 8 heteroatoms. The summed E-state index contributed by atoms with van der Waals surface area (Å²) in [6.45, 7) is -3.17. The van der Waals surface area contributed by atoms with Crippen LogP contribution in [0, 0.1) is 0 Å². The van der Waals surface area contributed by atoms with Gasteiger partial charge in [-0.15, -0.1) is 0 Å². The number of aliphatic carboxylic acids is 1. The number of carbonyl (C=O) groups excluding carboxylic acids is 1. The summed E-state index contributed by atoms with van der Waals surface area (Å²) in [4.78, 5) is 24.5. The molecule has 6 nitrogen and oxygen atoms in total. The van der Waals surface area contributed by atoms with E-state index in [1.54, 1.807) is 0 Å². The fourth-order valence-electron chi connectivity index (χ4n) is 2.25. The second kappa shape index (κ2) is 9.36. The second-order valence-electron chi connectivity index (χ2n) is 5.38. The molecule has 0 saturated heterocycles. The number of nitrogens with one attached hydrogen (secondary N) is 1. The lowest BCUT2D eigenvalue weighted by atomic mass is 10.1. The topological polar surface area (TPSA) is 78.9 Å². The average Bonchev–Trinajstić information content (AvgIpc) is 2.60. The van der Waals surface area contributed by atoms with Crippen LogP contribution in [0.2, 0.25) is 0 Å². The highest BCUT2D eigenvalue weighted by atomic mass is 19.3. The highest BCUT2D eigenvalue weighted by molar-refractivity contribution is 5.91. The molecule has 0 aliphatic carbocycles. The normalized spacial score (nSPS) is 10.4. The van der Waals surface area contributed by atoms with Gasteiger partial charge in [-0.1, -0.05) is 30.3 Å². The Kier molecular flexibility index (Phi) is 6.90. The van der Waals surface area contributed by atoms with E-state index in [4.69, 9.17) is 5.11 Å². The van der Waals surface area contributed by atoms with Crippen molar-refractivity contribution < 1.29 is 28.2 Å². The number of carboxylic acid groups (broad SMARTS) is 1. The van der Waals surface area contributed by atoms with Crippen molar-refractivity contribution >= 4 is 17.7 Å². The standard InChI is InChI=1S/C18H18F2N2O4/c19-17(20)26-15-8-6-14(7-9-15)21-18(25)22(12-16(23)24)11-10-13-4-2-1-3-5-13/h1-9,17H,10-12H2,(H,21,25)(H,23,24). The predicted octanol–water partition coefficient (Wildman–Crippen LogP) is 3.45. The van der Waals surface area contributed by atoms with Gasteiger partial charge in [-0.2, -0.15) is 8.78 Å². The van der Waals surface area contributed by atoms with Crippen molar-refractivity contribution in [2.75, 3.05) is 18.4 Å². The highest BCUT2D eigenvalue weighted by Crippen LogP contribution is 2.18. The molecule has 0 heterocycles. The summed E-state index contributed by atoms with van der Waals surface area (Å²) in [5.41, 5.74) is 1.32. The lowest BCUT2D eigenvalue weighted by Crippen LogP contribution is -2.40. The van der Waals surface area contributed by atoms with Crippen LogP contribution in [0.25, 0.3) is 0 Å². The molecule has 138 valence electrons. The Balaban J connectivity index is 1.98. The Hall–Kier alpha value is -3.16. The molecule has 2 aromatic rings. The van der Waals surface area contributed by atoms with E-state index in [-0.39, 0.29) is 12.3 Å². The number of urea groups is 1. The second-order valence-corrected chi connectivity index (χ2v) is 5.38. The minimum absolute atomic E-state index is 0.0375. The number of benzene rings is 2. The van der Waals surface area contributed by atoms with E-state index in [0.717, 1.165) is 5.56 Å². The maximum absolute atomic E-state index is 12.3. The summed E-state index contributed by atoms with van der Waals surface area (Å²) in [6.07, 6.45) is 0.503. The third-order valence-corrected chi connectivity index (χ3v) is 3.46. The van der Waals surface area contributed by atoms with Gasteiger partial charge in [0.25, 0.3) is 0 Å². The SMILES string of the molecule is O=C(O)CN(CCc1ccccc1)C(=O)Nc1ccc(OC(F)F)cc1. The van der Waals surface area contributed by atoms with Crippen LogP contribution in [0.1, 0.15) is 5.56 Å². The first-order valence-electron chi connectivity index (χ1n) is 7.80. The van der Waals surface area contributed by atoms with Crippen molar-refractivity contribution in [2.24, 2.45) is 0 Å². The Morgan fingerprint density at radius 1 is 1.08 bits per heavy atom. The molecule has 0 aliphatic heterocycles. The summed E-state index contributed by atoms with van der Waals surface area (Å²) >= 11 is 0. The number of hydrogen-bond acceptors (Lipinski definition) is 3. The van der Waals surface area contributed by atoms with Crippen molar-refractivity contribution in [3.63, 3.8) is 0 Å². The maximum Gasteiger partial charge on any atom is 0.387 e. The summed E-state index contributed by atoms with van der Waals surface area (Å²) in [5.74, 6) is -1.17. The van der Waals surface area contributed by atoms with Crippen LogP contribution in [-0.2, 0) is 11.2 Å². The van der Waals surface area contributed by atoms with Gasteiger partial charge in [0.15, 0.2) is 0 Å². The van der Waals surface area contributed by atoms with Gasteiger partial charge in [-0.05, 0) is 36.2 Å². The van der Waals surface area contributed by atoms with E-state index in [1.807, 2.05) is 30.3 Å². The van der Waals surface area contributed by atoms with Crippen molar-refractivity contribution in [1.82, 2.24) is 4.90 Å². The number of ether oxygens (including phenoxy) is 1. The van der Waals surface area contributed by atoms with Gasteiger partial charge in [-0.3, -0.25) is 4.79 Å². The minimum atomic E-state index is -2.93. The van der Waals surface area contributed by atoms with Crippen LogP contribution >= 0.6 is 0 Å². The molecule has 0 saturated carbocycles. The molecule has 0 atom stereocenters. The molecular weight excluding hydrogens is 346 g/mol. The Labute approximate surface area is 149 Å². The Bertz CT molecular complexity index is 724. The first-order valence-corrected chi connectivity index (χ1v) is 7.80. The van der Waals surface area contributed by atoms with Gasteiger partial charge in [-0.25, -0.2) is 4.79 Å². The lowest BCUT2D eigenvalue weighted by molar-refractivity contribution is -0.137. The van der Waals surface area contributed by atoms with Gasteiger partial charge in [0.2, 0.25) is 0 Å². The van der Waals surface area contributed by atoms with Crippen molar-refractivity contribution in [1.29, 1.82) is 0 Å². The van der Waals surface area contributed by atoms with Crippen molar-refractivity contribution in [2.45, 2.75) is 13.0 Å². The van der Waals surface area contributed by atoms with Crippen LogP contribution in [0.4, 0.5) is 19.3 Å². The van der Waals surface area contributed by atoms with Gasteiger partial charge in [0, 0.05) is 12.2 Å². The third kappa shape index (κ3) is 6.39. The molecule has 0 unspecified atom stereocenters. The fraction of sp³-hybridized carbons (Fsp3) is 0.222. The van der Waals surface area contributed by atoms with E-state index in [1.165, 1.54) is 29.2 Å². The summed E-state index contributed by atoms with van der Waals surface area (Å²) in [7, 11) is 0. The van der Waals surface area contributed by atoms with E-state index < -0.39 is 25.2 Å². The number of amides is 2. The van der Waals surface area contributed by atoms with Crippen molar-refractivity contribution in [3.8, 4) is 5.75 Å². The molecule has 26 heavy (non-hydrogen) atoms. The number of alkyl halides is 2. The summed E-state index contributed by atoms with van der Waals surface area (Å²) < 4.78 is 28.5. The molecule has 0 bridgehead atoms. The van der Waals surface area contributed by atoms with Gasteiger partial charge >= 0.3 is 18.6 Å². The smallest absolute Gasteiger partial charge is 0.387 e. The third-order valence-electron chi connectivity index (χ3n) is 3.46. The van der Waals surface area contributed by atoms with E-state index in [2.05, 4.69) is 10.1 Å². The number of hydrogen-bond donors (Lipinski definition) is 2. The molecule has 0 aromatic heterocycles. The van der Waals surface area contributed by atoms with E-state index >= 15 is 0 Å². The first-order chi connectivity index (χ1) is 12.4. The number of rotatable bonds is 8. The molecule has 0 aliphatic rings. The molecule has 0 spiro atoms. The molecule has 0 radical (unpaired) electrons. The number of halogens is 2. The molecule has 2 aromatic carbocycles. The zero-order chi connectivity index (χ0) is 18.9. The van der Waals surface area contributed by atoms with Gasteiger partial charge in [0.05, 0.1) is 0 Å². The van der Waals surface area contributed by atoms with Crippen LogP contribution in [-0.4, -0.2) is 41.7 Å². The van der Waals surface area contributed by atoms with Crippen LogP contribution in [0.15, 0.2) is 54.6 Å². The molecular formula is C18H18F2N2O4. The van der Waals surface area contributed by atoms with Crippen LogP contribution in [0.5, 0.6) is 5.75 Å². The minimum Gasteiger partial charge on any atom is -0.480 e. The van der Waals surface area contributed by atoms with Crippen LogP contribution in [0.3, 0.4) is 0 Å². The summed E-state index contributed by atoms with van der Waals surface area (Å²) in [5, 5.41) is 11.6. The molecule has 2 rings (SSSR count). The molecule has 2 N–H and O–H groups in total. The Morgan fingerprint density at radius 3 is 2.31 bits per heavy atom. The van der Waals surface area contributed by atoms with E-state index in [9.17, 15) is 18.4 Å². The van der Waals surface area contributed by atoms with Gasteiger partial charge in [0.1, 0.15) is 12.3 Å². The van der Waals surface area contributed by atoms with E-state index in [0.29, 0.717) is 12.1 Å². The largest absolute Gasteiger partial charge is 0.480 e. The Morgan fingerprint density at radius 2 is 1.73 bits per heavy atom. The predicted molar refractivity (Wildman–Crippen MR) is 91.4 cm³/mol. The zero-order valence-electron chi connectivity index (χ0n) is 13.8. The van der Waals surface area contributed by atoms with Gasteiger partial charge < -0.3 is 20.1 Å². The zero-order valence-corrected chi connectivity index (χ0v) is 13.8. The molecule has 2 amide bonds. The molecule has 0 fully saturated rings.